The predicted octanol–water partition coefficient (Wildman–Crippen LogP) is -0.331. The first-order valence-corrected chi connectivity index (χ1v) is 5.51. The highest BCUT2D eigenvalue weighted by atomic mass is 16.8. The third-order valence-electron chi connectivity index (χ3n) is 2.40. The Morgan fingerprint density at radius 3 is 2.00 bits per heavy atom. The largest absolute Gasteiger partial charge is 0.460 e. The summed E-state index contributed by atoms with van der Waals surface area (Å²) in [6, 6.07) is 5.61. The third-order valence-corrected chi connectivity index (χ3v) is 2.40. The van der Waals surface area contributed by atoms with E-state index >= 15 is 0 Å². The molecule has 0 radical (unpaired) electrons. The number of hydrogen-bond donors (Lipinski definition) is 2. The van der Waals surface area contributed by atoms with Crippen LogP contribution >= 0.6 is 0 Å². The lowest BCUT2D eigenvalue weighted by atomic mass is 10.1. The molecule has 102 valence electrons. The van der Waals surface area contributed by atoms with E-state index in [4.69, 9.17) is 4.74 Å². The van der Waals surface area contributed by atoms with Crippen molar-refractivity contribution in [2.75, 3.05) is 19.8 Å². The van der Waals surface area contributed by atoms with Gasteiger partial charge in [-0.1, -0.05) is 0 Å². The van der Waals surface area contributed by atoms with Gasteiger partial charge in [-0.3, -0.25) is 0 Å². The van der Waals surface area contributed by atoms with Crippen LogP contribution in [0.15, 0.2) is 24.3 Å². The maximum atomic E-state index is 11.6. The second kappa shape index (κ2) is 5.35. The maximum absolute atomic E-state index is 11.6. The van der Waals surface area contributed by atoms with Crippen LogP contribution in [0.5, 0.6) is 0 Å². The smallest absolute Gasteiger partial charge is 0.338 e. The average Bonchev–Trinajstić information content (AvgIpc) is 2.41. The molecule has 7 heteroatoms. The van der Waals surface area contributed by atoms with Gasteiger partial charge in [0.2, 0.25) is 0 Å². The third kappa shape index (κ3) is 3.50. The van der Waals surface area contributed by atoms with Crippen LogP contribution in [0.25, 0.3) is 0 Å². The Morgan fingerprint density at radius 1 is 0.895 bits per heavy atom. The van der Waals surface area contributed by atoms with E-state index < -0.39 is 24.5 Å². The Hall–Kier alpha value is -1.96. The number of benzene rings is 1. The summed E-state index contributed by atoms with van der Waals surface area (Å²) in [5.74, 6) is -3.96. The molecule has 0 saturated carbocycles. The van der Waals surface area contributed by atoms with Crippen LogP contribution < -0.4 is 0 Å². The van der Waals surface area contributed by atoms with Crippen LogP contribution in [0.3, 0.4) is 0 Å². The number of carbonyl (C=O) groups excluding carboxylic acids is 2. The summed E-state index contributed by atoms with van der Waals surface area (Å²) in [4.78, 5) is 23.1. The fourth-order valence-electron chi connectivity index (χ4n) is 1.45. The molecule has 0 aromatic heterocycles. The fraction of sp³-hybridized carbons (Fsp3) is 0.333. The van der Waals surface area contributed by atoms with Crippen molar-refractivity contribution in [3.05, 3.63) is 35.4 Å². The number of aliphatic hydroxyl groups is 2. The summed E-state index contributed by atoms with van der Waals surface area (Å²) in [7, 11) is 0. The predicted molar refractivity (Wildman–Crippen MR) is 60.1 cm³/mol. The molecule has 2 heterocycles. The molecule has 1 aromatic carbocycles. The molecule has 3 rings (SSSR count). The molecule has 19 heavy (non-hydrogen) atoms. The van der Waals surface area contributed by atoms with Crippen LogP contribution in [0.4, 0.5) is 0 Å². The molecule has 1 aromatic rings. The van der Waals surface area contributed by atoms with Crippen molar-refractivity contribution < 1.29 is 34.0 Å². The van der Waals surface area contributed by atoms with Gasteiger partial charge >= 0.3 is 17.9 Å². The van der Waals surface area contributed by atoms with Gasteiger partial charge < -0.3 is 24.4 Å². The zero-order valence-electron chi connectivity index (χ0n) is 9.87. The Morgan fingerprint density at radius 2 is 1.42 bits per heavy atom. The quantitative estimate of drug-likeness (QED) is 0.377. The number of ether oxygens (including phenoxy) is 3. The standard InChI is InChI=1S/C12H12O7/c13-10-8-1-3-9(4-2-8)11(14)18-7-12(15,16)19-6-5-17-10/h1-4,15-16H,5-7H2. The molecule has 0 atom stereocenters. The number of carbonyl (C=O) groups is 2. The van der Waals surface area contributed by atoms with Crippen molar-refractivity contribution in [1.82, 2.24) is 0 Å². The molecule has 7 nitrogen and oxygen atoms in total. The van der Waals surface area contributed by atoms with Crippen LogP contribution in [0, 0.1) is 0 Å². The summed E-state index contributed by atoms with van der Waals surface area (Å²) in [6.07, 6.45) is 0. The number of fused-ring (bicyclic) bond motifs is 10. The van der Waals surface area contributed by atoms with Gasteiger partial charge in [-0.15, -0.1) is 0 Å². The second-order valence-electron chi connectivity index (χ2n) is 3.88. The van der Waals surface area contributed by atoms with E-state index in [0.29, 0.717) is 0 Å². The Labute approximate surface area is 108 Å². The molecule has 2 bridgehead atoms. The number of esters is 2. The van der Waals surface area contributed by atoms with Gasteiger partial charge in [-0.2, -0.15) is 0 Å². The first-order valence-electron chi connectivity index (χ1n) is 5.51. The molecule has 0 fully saturated rings. The Kier molecular flexibility index (Phi) is 3.79. The lowest BCUT2D eigenvalue weighted by Crippen LogP contribution is -2.39. The van der Waals surface area contributed by atoms with Crippen LogP contribution in [-0.2, 0) is 14.2 Å². The minimum Gasteiger partial charge on any atom is -0.460 e. The van der Waals surface area contributed by atoms with Crippen molar-refractivity contribution in [3.63, 3.8) is 0 Å². The summed E-state index contributed by atoms with van der Waals surface area (Å²) >= 11 is 0. The first kappa shape index (κ1) is 13.5. The molecule has 2 aliphatic heterocycles. The van der Waals surface area contributed by atoms with E-state index in [0.717, 1.165) is 0 Å². The van der Waals surface area contributed by atoms with E-state index in [-0.39, 0.29) is 24.3 Å². The highest BCUT2D eigenvalue weighted by Crippen LogP contribution is 2.11. The summed E-state index contributed by atoms with van der Waals surface area (Å²) < 4.78 is 14.2. The lowest BCUT2D eigenvalue weighted by molar-refractivity contribution is -0.351. The van der Waals surface area contributed by atoms with Crippen molar-refractivity contribution in [3.8, 4) is 0 Å². The monoisotopic (exact) mass is 268 g/mol. The summed E-state index contributed by atoms with van der Waals surface area (Å²) in [6.45, 7) is -1.15. The molecule has 2 aliphatic rings. The zero-order valence-corrected chi connectivity index (χ0v) is 9.87. The normalized spacial score (nSPS) is 19.7. The zero-order chi connectivity index (χ0) is 13.9. The topological polar surface area (TPSA) is 102 Å². The van der Waals surface area contributed by atoms with E-state index in [1.165, 1.54) is 24.3 Å². The Balaban J connectivity index is 2.22. The lowest BCUT2D eigenvalue weighted by Gasteiger charge is -2.20. The highest BCUT2D eigenvalue weighted by Gasteiger charge is 2.27. The van der Waals surface area contributed by atoms with Gasteiger partial charge in [0.25, 0.3) is 0 Å². The van der Waals surface area contributed by atoms with E-state index in [1.54, 1.807) is 0 Å². The van der Waals surface area contributed by atoms with Gasteiger partial charge in [0.05, 0.1) is 17.7 Å². The van der Waals surface area contributed by atoms with E-state index in [9.17, 15) is 19.8 Å². The van der Waals surface area contributed by atoms with Crippen LogP contribution in [0.1, 0.15) is 20.7 Å². The van der Waals surface area contributed by atoms with Crippen LogP contribution in [-0.4, -0.2) is 47.9 Å². The summed E-state index contributed by atoms with van der Waals surface area (Å²) in [5, 5.41) is 18.7. The molecule has 0 saturated heterocycles. The minimum atomic E-state index is -2.62. The summed E-state index contributed by atoms with van der Waals surface area (Å²) in [5.41, 5.74) is 0.446. The van der Waals surface area contributed by atoms with Crippen LogP contribution in [0.2, 0.25) is 0 Å². The van der Waals surface area contributed by atoms with Crippen molar-refractivity contribution in [2.45, 2.75) is 5.97 Å². The molecule has 0 unspecified atom stereocenters. The van der Waals surface area contributed by atoms with Gasteiger partial charge in [-0.25, -0.2) is 9.59 Å². The molecule has 0 aliphatic carbocycles. The fourth-order valence-corrected chi connectivity index (χ4v) is 1.45. The SMILES string of the molecule is O=C1OCCOC(O)(O)COC(=O)c2ccc1cc2. The molecule has 0 amide bonds. The van der Waals surface area contributed by atoms with E-state index in [1.807, 2.05) is 0 Å². The van der Waals surface area contributed by atoms with Crippen molar-refractivity contribution >= 4 is 11.9 Å². The van der Waals surface area contributed by atoms with Crippen molar-refractivity contribution in [2.24, 2.45) is 0 Å². The molecular weight excluding hydrogens is 256 g/mol. The van der Waals surface area contributed by atoms with Gasteiger partial charge in [0, 0.05) is 0 Å². The van der Waals surface area contributed by atoms with E-state index in [2.05, 4.69) is 9.47 Å². The molecule has 2 N–H and O–H groups in total. The number of rotatable bonds is 0. The van der Waals surface area contributed by atoms with Gasteiger partial charge in [0.1, 0.15) is 6.61 Å². The Bertz CT molecular complexity index is 477. The van der Waals surface area contributed by atoms with Gasteiger partial charge in [-0.05, 0) is 24.3 Å². The maximum Gasteiger partial charge on any atom is 0.338 e. The first-order chi connectivity index (χ1) is 8.98. The minimum absolute atomic E-state index is 0.155. The van der Waals surface area contributed by atoms with Gasteiger partial charge in [0.15, 0.2) is 6.61 Å². The second-order valence-corrected chi connectivity index (χ2v) is 3.88. The highest BCUT2D eigenvalue weighted by molar-refractivity contribution is 5.93. The average molecular weight is 268 g/mol. The number of hydrogen-bond acceptors (Lipinski definition) is 7. The molecular formula is C12H12O7. The van der Waals surface area contributed by atoms with Crippen molar-refractivity contribution in [1.29, 1.82) is 0 Å². The molecule has 0 spiro atoms.